The van der Waals surface area contributed by atoms with Crippen LogP contribution in [0.1, 0.15) is 6.42 Å². The Morgan fingerprint density at radius 3 is 2.90 bits per heavy atom. The number of para-hydroxylation sites is 1. The highest BCUT2D eigenvalue weighted by molar-refractivity contribution is 5.99. The van der Waals surface area contributed by atoms with E-state index in [2.05, 4.69) is 14.7 Å². The van der Waals surface area contributed by atoms with Crippen molar-refractivity contribution in [1.82, 2.24) is 9.97 Å². The molecule has 0 spiro atoms. The van der Waals surface area contributed by atoms with Gasteiger partial charge in [-0.3, -0.25) is 14.5 Å². The van der Waals surface area contributed by atoms with Crippen LogP contribution >= 0.6 is 0 Å². The normalized spacial score (nSPS) is 18.2. The predicted octanol–water partition coefficient (Wildman–Crippen LogP) is 0.738. The fourth-order valence-electron chi connectivity index (χ4n) is 2.43. The van der Waals surface area contributed by atoms with E-state index >= 15 is 0 Å². The van der Waals surface area contributed by atoms with Gasteiger partial charge in [0.2, 0.25) is 11.9 Å². The summed E-state index contributed by atoms with van der Waals surface area (Å²) in [6.07, 6.45) is 0.1000. The molecule has 2 heterocycles. The summed E-state index contributed by atoms with van der Waals surface area (Å²) < 4.78 is 4.68. The number of amides is 1. The van der Waals surface area contributed by atoms with E-state index in [0.717, 1.165) is 5.39 Å². The van der Waals surface area contributed by atoms with Gasteiger partial charge in [0.1, 0.15) is 5.82 Å². The predicted molar refractivity (Wildman–Crippen MR) is 76.4 cm³/mol. The smallest absolute Gasteiger partial charge is 0.311 e. The molecule has 3 rings (SSSR count). The van der Waals surface area contributed by atoms with Gasteiger partial charge in [0.05, 0.1) is 18.5 Å². The Kier molecular flexibility index (Phi) is 3.17. The fourth-order valence-corrected chi connectivity index (χ4v) is 2.43. The van der Waals surface area contributed by atoms with E-state index in [9.17, 15) is 9.59 Å². The first-order valence-corrected chi connectivity index (χ1v) is 6.50. The molecule has 0 radical (unpaired) electrons. The van der Waals surface area contributed by atoms with Gasteiger partial charge in [0, 0.05) is 18.4 Å². The highest BCUT2D eigenvalue weighted by atomic mass is 16.5. The first kappa shape index (κ1) is 13.3. The number of benzene rings is 1. The van der Waals surface area contributed by atoms with Gasteiger partial charge < -0.3 is 10.5 Å². The number of hydrogen-bond donors (Lipinski definition) is 1. The summed E-state index contributed by atoms with van der Waals surface area (Å²) in [5, 5.41) is 0.734. The van der Waals surface area contributed by atoms with Crippen molar-refractivity contribution in [3.8, 4) is 0 Å². The second-order valence-corrected chi connectivity index (χ2v) is 4.85. The summed E-state index contributed by atoms with van der Waals surface area (Å²) in [5.41, 5.74) is 6.57. The molecule has 1 saturated heterocycles. The quantitative estimate of drug-likeness (QED) is 0.817. The number of anilines is 2. The lowest BCUT2D eigenvalue weighted by molar-refractivity contribution is -0.145. The molecule has 2 aromatic rings. The summed E-state index contributed by atoms with van der Waals surface area (Å²) in [6, 6.07) is 7.30. The lowest BCUT2D eigenvalue weighted by Crippen LogP contribution is -2.28. The molecule has 7 heteroatoms. The molecule has 108 valence electrons. The number of nitrogens with two attached hydrogens (primary N) is 1. The highest BCUT2D eigenvalue weighted by Gasteiger charge is 2.37. The minimum atomic E-state index is -0.487. The topological polar surface area (TPSA) is 98.4 Å². The van der Waals surface area contributed by atoms with E-state index in [1.54, 1.807) is 6.07 Å². The first-order valence-electron chi connectivity index (χ1n) is 6.50. The van der Waals surface area contributed by atoms with Crippen LogP contribution in [0.5, 0.6) is 0 Å². The summed E-state index contributed by atoms with van der Waals surface area (Å²) >= 11 is 0. The minimum absolute atomic E-state index is 0.1000. The number of carbonyl (C=O) groups excluding carboxylic acids is 2. The van der Waals surface area contributed by atoms with Gasteiger partial charge in [0.25, 0.3) is 0 Å². The van der Waals surface area contributed by atoms with Crippen molar-refractivity contribution in [3.63, 3.8) is 0 Å². The van der Waals surface area contributed by atoms with Crippen LogP contribution in [0, 0.1) is 5.92 Å². The van der Waals surface area contributed by atoms with Crippen molar-refractivity contribution in [2.75, 3.05) is 24.3 Å². The van der Waals surface area contributed by atoms with E-state index in [4.69, 9.17) is 5.73 Å². The Bertz CT molecular complexity index is 731. The van der Waals surface area contributed by atoms with Gasteiger partial charge in [-0.15, -0.1) is 0 Å². The van der Waals surface area contributed by atoms with Crippen molar-refractivity contribution in [2.24, 2.45) is 5.92 Å². The molecule has 1 fully saturated rings. The number of rotatable bonds is 2. The second-order valence-electron chi connectivity index (χ2n) is 4.85. The molecule has 1 unspecified atom stereocenters. The monoisotopic (exact) mass is 286 g/mol. The lowest BCUT2D eigenvalue weighted by Gasteiger charge is -2.15. The molecule has 1 aromatic heterocycles. The maximum atomic E-state index is 12.1. The zero-order chi connectivity index (χ0) is 15.0. The number of nitrogen functional groups attached to an aromatic ring is 1. The van der Waals surface area contributed by atoms with Crippen molar-refractivity contribution in [1.29, 1.82) is 0 Å². The molecule has 1 atom stereocenters. The van der Waals surface area contributed by atoms with Crippen LogP contribution in [0.3, 0.4) is 0 Å². The number of fused-ring (bicyclic) bond motifs is 1. The Labute approximate surface area is 120 Å². The molecule has 2 N–H and O–H groups in total. The Morgan fingerprint density at radius 1 is 1.38 bits per heavy atom. The molecular weight excluding hydrogens is 272 g/mol. The van der Waals surface area contributed by atoms with Crippen LogP contribution in [-0.4, -0.2) is 35.5 Å². The van der Waals surface area contributed by atoms with E-state index in [-0.39, 0.29) is 24.8 Å². The third-order valence-electron chi connectivity index (χ3n) is 3.52. The second kappa shape index (κ2) is 5.01. The van der Waals surface area contributed by atoms with E-state index < -0.39 is 11.9 Å². The molecule has 1 aliphatic heterocycles. The van der Waals surface area contributed by atoms with Gasteiger partial charge in [-0.1, -0.05) is 12.1 Å². The first-order chi connectivity index (χ1) is 10.1. The number of ether oxygens (including phenoxy) is 1. The van der Waals surface area contributed by atoms with Gasteiger partial charge in [-0.05, 0) is 12.1 Å². The maximum Gasteiger partial charge on any atom is 0.311 e. The molecule has 1 aliphatic rings. The van der Waals surface area contributed by atoms with Gasteiger partial charge in [0.15, 0.2) is 0 Å². The number of esters is 1. The van der Waals surface area contributed by atoms with Crippen LogP contribution in [0.2, 0.25) is 0 Å². The molecule has 0 aliphatic carbocycles. The summed E-state index contributed by atoms with van der Waals surface area (Å²) in [5.74, 6) is -0.564. The van der Waals surface area contributed by atoms with Crippen LogP contribution in [0.15, 0.2) is 24.3 Å². The average molecular weight is 286 g/mol. The summed E-state index contributed by atoms with van der Waals surface area (Å²) in [6.45, 7) is 0.212. The molecule has 1 amide bonds. The van der Waals surface area contributed by atoms with Crippen molar-refractivity contribution in [3.05, 3.63) is 24.3 Å². The molecular formula is C14H14N4O3. The maximum absolute atomic E-state index is 12.1. The Morgan fingerprint density at radius 2 is 2.14 bits per heavy atom. The van der Waals surface area contributed by atoms with E-state index in [1.807, 2.05) is 18.2 Å². The number of carbonyl (C=O) groups is 2. The van der Waals surface area contributed by atoms with Crippen LogP contribution in [-0.2, 0) is 14.3 Å². The van der Waals surface area contributed by atoms with Crippen molar-refractivity contribution in [2.45, 2.75) is 6.42 Å². The zero-order valence-corrected chi connectivity index (χ0v) is 11.4. The highest BCUT2D eigenvalue weighted by Crippen LogP contribution is 2.26. The van der Waals surface area contributed by atoms with Crippen molar-refractivity contribution < 1.29 is 14.3 Å². The third kappa shape index (κ3) is 2.26. The number of nitrogens with zero attached hydrogens (tertiary/aromatic N) is 3. The summed E-state index contributed by atoms with van der Waals surface area (Å²) in [4.78, 5) is 33.5. The summed E-state index contributed by atoms with van der Waals surface area (Å²) in [7, 11) is 1.31. The molecule has 7 nitrogen and oxygen atoms in total. The lowest BCUT2D eigenvalue weighted by atomic mass is 10.1. The van der Waals surface area contributed by atoms with Crippen molar-refractivity contribution >= 4 is 34.5 Å². The molecule has 0 saturated carbocycles. The largest absolute Gasteiger partial charge is 0.469 e. The zero-order valence-electron chi connectivity index (χ0n) is 11.4. The fraction of sp³-hybridized carbons (Fsp3) is 0.286. The van der Waals surface area contributed by atoms with Gasteiger partial charge in [-0.2, -0.15) is 4.98 Å². The van der Waals surface area contributed by atoms with Gasteiger partial charge >= 0.3 is 5.97 Å². The average Bonchev–Trinajstić information content (AvgIpc) is 2.88. The minimum Gasteiger partial charge on any atom is -0.469 e. The SMILES string of the molecule is COC(=O)C1CC(=O)N(c2nc(N)c3ccccc3n2)C1. The van der Waals surface area contributed by atoms with Crippen LogP contribution in [0.4, 0.5) is 11.8 Å². The number of aromatic nitrogens is 2. The Balaban J connectivity index is 1.97. The Hall–Kier alpha value is -2.70. The molecule has 0 bridgehead atoms. The standard InChI is InChI=1S/C14H14N4O3/c1-21-13(20)8-6-11(19)18(7-8)14-16-10-5-3-2-4-9(10)12(15)17-14/h2-5,8H,6-7H2,1H3,(H2,15,16,17). The van der Waals surface area contributed by atoms with E-state index in [0.29, 0.717) is 11.3 Å². The number of methoxy groups -OCH3 is 1. The van der Waals surface area contributed by atoms with Crippen LogP contribution in [0.25, 0.3) is 10.9 Å². The number of hydrogen-bond acceptors (Lipinski definition) is 6. The van der Waals surface area contributed by atoms with E-state index in [1.165, 1.54) is 12.0 Å². The van der Waals surface area contributed by atoms with Crippen LogP contribution < -0.4 is 10.6 Å². The third-order valence-corrected chi connectivity index (χ3v) is 3.52. The van der Waals surface area contributed by atoms with Gasteiger partial charge in [-0.25, -0.2) is 4.98 Å². The molecule has 21 heavy (non-hydrogen) atoms. The molecule has 1 aromatic carbocycles.